The predicted octanol–water partition coefficient (Wildman–Crippen LogP) is 2.39. The van der Waals surface area contributed by atoms with Crippen LogP contribution in [-0.2, 0) is 0 Å². The Bertz CT molecular complexity index is 375. The number of benzene rings is 1. The van der Waals surface area contributed by atoms with Crippen LogP contribution >= 0.6 is 0 Å². The highest BCUT2D eigenvalue weighted by atomic mass is 16.6. The van der Waals surface area contributed by atoms with E-state index in [2.05, 4.69) is 0 Å². The average molecular weight is 206 g/mol. The van der Waals surface area contributed by atoms with Gasteiger partial charge in [-0.25, -0.2) is 0 Å². The summed E-state index contributed by atoms with van der Waals surface area (Å²) in [4.78, 5) is 10.5. The van der Waals surface area contributed by atoms with Gasteiger partial charge in [-0.15, -0.1) is 0 Å². The zero-order chi connectivity index (χ0) is 10.8. The van der Waals surface area contributed by atoms with Gasteiger partial charge in [0.2, 0.25) is 0 Å². The molecule has 0 heterocycles. The van der Waals surface area contributed by atoms with Crippen LogP contribution in [0.2, 0.25) is 0 Å². The molecule has 1 fully saturated rings. The number of nitrogens with zero attached hydrogens (tertiary/aromatic N) is 1. The van der Waals surface area contributed by atoms with Crippen molar-refractivity contribution in [2.45, 2.75) is 25.3 Å². The summed E-state index contributed by atoms with van der Waals surface area (Å²) in [5.74, 6) is 0.422. The fourth-order valence-electron chi connectivity index (χ4n) is 1.99. The van der Waals surface area contributed by atoms with E-state index >= 15 is 0 Å². The van der Waals surface area contributed by atoms with Gasteiger partial charge >= 0.3 is 0 Å². The molecule has 1 aromatic rings. The number of hydrogen-bond acceptors (Lipinski definition) is 3. The van der Waals surface area contributed by atoms with Gasteiger partial charge in [-0.2, -0.15) is 0 Å². The van der Waals surface area contributed by atoms with Crippen LogP contribution < -0.4 is 5.73 Å². The molecule has 0 unspecified atom stereocenters. The second-order valence-electron chi connectivity index (χ2n) is 4.03. The summed E-state index contributed by atoms with van der Waals surface area (Å²) in [5.41, 5.74) is 6.86. The first-order valence-corrected chi connectivity index (χ1v) is 5.19. The first-order valence-electron chi connectivity index (χ1n) is 5.19. The van der Waals surface area contributed by atoms with Crippen LogP contribution in [-0.4, -0.2) is 4.92 Å². The molecule has 1 aliphatic rings. The number of nitro benzene ring substituents is 1. The number of hydrogen-bond donors (Lipinski definition) is 1. The lowest BCUT2D eigenvalue weighted by atomic mass is 9.77. The van der Waals surface area contributed by atoms with Gasteiger partial charge in [0.25, 0.3) is 5.69 Å². The van der Waals surface area contributed by atoms with Crippen molar-refractivity contribution in [1.29, 1.82) is 0 Å². The van der Waals surface area contributed by atoms with Crippen LogP contribution in [0.4, 0.5) is 5.69 Å². The van der Waals surface area contributed by atoms with Gasteiger partial charge in [0.05, 0.1) is 4.92 Å². The molecule has 0 amide bonds. The largest absolute Gasteiger partial charge is 0.324 e. The predicted molar refractivity (Wildman–Crippen MR) is 57.4 cm³/mol. The van der Waals surface area contributed by atoms with Gasteiger partial charge in [-0.1, -0.05) is 24.6 Å². The molecule has 4 nitrogen and oxygen atoms in total. The summed E-state index contributed by atoms with van der Waals surface area (Å²) >= 11 is 0. The summed E-state index contributed by atoms with van der Waals surface area (Å²) in [7, 11) is 0. The van der Waals surface area contributed by atoms with E-state index in [1.807, 2.05) is 0 Å². The second kappa shape index (κ2) is 3.98. The molecular formula is C11H14N2O2. The van der Waals surface area contributed by atoms with Crippen molar-refractivity contribution in [3.8, 4) is 0 Å². The van der Waals surface area contributed by atoms with E-state index in [0.29, 0.717) is 11.5 Å². The molecule has 0 bridgehead atoms. The molecule has 2 rings (SSSR count). The van der Waals surface area contributed by atoms with Gasteiger partial charge in [0, 0.05) is 17.7 Å². The molecule has 0 saturated heterocycles. The summed E-state index contributed by atoms with van der Waals surface area (Å²) in [6.45, 7) is 0. The number of nitro groups is 1. The van der Waals surface area contributed by atoms with Crippen LogP contribution in [0.15, 0.2) is 24.3 Å². The Morgan fingerprint density at radius 1 is 1.40 bits per heavy atom. The Balaban J connectivity index is 2.29. The van der Waals surface area contributed by atoms with E-state index in [-0.39, 0.29) is 16.7 Å². The van der Waals surface area contributed by atoms with Gasteiger partial charge in [-0.05, 0) is 18.8 Å². The zero-order valence-electron chi connectivity index (χ0n) is 8.43. The molecule has 1 aliphatic carbocycles. The first-order chi connectivity index (χ1) is 7.20. The SMILES string of the molecule is N[C@@H](c1ccccc1[N+](=O)[O-])C1CCC1. The lowest BCUT2D eigenvalue weighted by Crippen LogP contribution is -2.27. The molecule has 15 heavy (non-hydrogen) atoms. The van der Waals surface area contributed by atoms with E-state index in [1.54, 1.807) is 18.2 Å². The van der Waals surface area contributed by atoms with E-state index < -0.39 is 0 Å². The molecule has 0 aromatic heterocycles. The quantitative estimate of drug-likeness (QED) is 0.609. The Morgan fingerprint density at radius 3 is 2.60 bits per heavy atom. The van der Waals surface area contributed by atoms with Crippen molar-refractivity contribution in [3.63, 3.8) is 0 Å². The highest BCUT2D eigenvalue weighted by Crippen LogP contribution is 2.38. The maximum atomic E-state index is 10.8. The van der Waals surface area contributed by atoms with E-state index in [1.165, 1.54) is 12.5 Å². The monoisotopic (exact) mass is 206 g/mol. The Hall–Kier alpha value is -1.42. The molecule has 0 spiro atoms. The minimum atomic E-state index is -0.353. The minimum Gasteiger partial charge on any atom is -0.324 e. The van der Waals surface area contributed by atoms with Crippen molar-refractivity contribution in [1.82, 2.24) is 0 Å². The topological polar surface area (TPSA) is 69.2 Å². The molecule has 0 aliphatic heterocycles. The molecule has 1 aromatic carbocycles. The summed E-state index contributed by atoms with van der Waals surface area (Å²) in [6, 6.07) is 6.59. The average Bonchev–Trinajstić information content (AvgIpc) is 2.15. The van der Waals surface area contributed by atoms with E-state index in [0.717, 1.165) is 12.8 Å². The maximum Gasteiger partial charge on any atom is 0.274 e. The minimum absolute atomic E-state index is 0.150. The summed E-state index contributed by atoms with van der Waals surface area (Å²) in [5, 5.41) is 10.8. The molecule has 1 saturated carbocycles. The highest BCUT2D eigenvalue weighted by Gasteiger charge is 2.29. The van der Waals surface area contributed by atoms with E-state index in [9.17, 15) is 10.1 Å². The first kappa shape index (κ1) is 10.1. The third-order valence-electron chi connectivity index (χ3n) is 3.15. The van der Waals surface area contributed by atoms with Crippen LogP contribution in [0.3, 0.4) is 0 Å². The Labute approximate surface area is 88.2 Å². The van der Waals surface area contributed by atoms with Gasteiger partial charge in [0.15, 0.2) is 0 Å². The van der Waals surface area contributed by atoms with Gasteiger partial charge in [0.1, 0.15) is 0 Å². The molecule has 4 heteroatoms. The van der Waals surface area contributed by atoms with Crippen LogP contribution in [0.1, 0.15) is 30.9 Å². The van der Waals surface area contributed by atoms with Crippen molar-refractivity contribution >= 4 is 5.69 Å². The molecule has 1 atom stereocenters. The zero-order valence-corrected chi connectivity index (χ0v) is 8.43. The van der Waals surface area contributed by atoms with Crippen LogP contribution in [0.25, 0.3) is 0 Å². The van der Waals surface area contributed by atoms with Crippen LogP contribution in [0, 0.1) is 16.0 Å². The third kappa shape index (κ3) is 1.85. The number of para-hydroxylation sites is 1. The lowest BCUT2D eigenvalue weighted by molar-refractivity contribution is -0.385. The lowest BCUT2D eigenvalue weighted by Gasteiger charge is -2.31. The number of nitrogens with two attached hydrogens (primary N) is 1. The molecule has 2 N–H and O–H groups in total. The fourth-order valence-corrected chi connectivity index (χ4v) is 1.99. The highest BCUT2D eigenvalue weighted by molar-refractivity contribution is 5.42. The maximum absolute atomic E-state index is 10.8. The smallest absolute Gasteiger partial charge is 0.274 e. The molecular weight excluding hydrogens is 192 g/mol. The van der Waals surface area contributed by atoms with Gasteiger partial charge in [-0.3, -0.25) is 10.1 Å². The van der Waals surface area contributed by atoms with Crippen molar-refractivity contribution < 1.29 is 4.92 Å². The van der Waals surface area contributed by atoms with E-state index in [4.69, 9.17) is 5.73 Å². The fraction of sp³-hybridized carbons (Fsp3) is 0.455. The second-order valence-corrected chi connectivity index (χ2v) is 4.03. The summed E-state index contributed by atoms with van der Waals surface area (Å²) < 4.78 is 0. The number of rotatable bonds is 3. The van der Waals surface area contributed by atoms with Crippen LogP contribution in [0.5, 0.6) is 0 Å². The van der Waals surface area contributed by atoms with Crippen molar-refractivity contribution in [2.75, 3.05) is 0 Å². The third-order valence-corrected chi connectivity index (χ3v) is 3.15. The molecule has 80 valence electrons. The van der Waals surface area contributed by atoms with Crippen molar-refractivity contribution in [2.24, 2.45) is 11.7 Å². The molecule has 0 radical (unpaired) electrons. The Kier molecular flexibility index (Phi) is 2.68. The summed E-state index contributed by atoms with van der Waals surface area (Å²) in [6.07, 6.45) is 3.37. The normalized spacial score (nSPS) is 18.2. The van der Waals surface area contributed by atoms with Gasteiger partial charge < -0.3 is 5.73 Å². The standard InChI is InChI=1S/C11H14N2O2/c12-11(8-4-3-5-8)9-6-1-2-7-10(9)13(14)15/h1-2,6-8,11H,3-5,12H2/t11-/m1/s1. The van der Waals surface area contributed by atoms with Crippen molar-refractivity contribution in [3.05, 3.63) is 39.9 Å². The Morgan fingerprint density at radius 2 is 2.07 bits per heavy atom.